The molecule has 1 amide bonds. The number of thiophene rings is 1. The highest BCUT2D eigenvalue weighted by molar-refractivity contribution is 7.17. The molecule has 3 aromatic heterocycles. The van der Waals surface area contributed by atoms with Gasteiger partial charge in [-0.3, -0.25) is 14.3 Å². The number of carbonyl (C=O) groups is 1. The summed E-state index contributed by atoms with van der Waals surface area (Å²) in [6.07, 6.45) is 2.68. The number of hydrogen-bond acceptors (Lipinski definition) is 6. The van der Waals surface area contributed by atoms with E-state index in [1.165, 1.54) is 23.7 Å². The zero-order valence-corrected chi connectivity index (χ0v) is 16.8. The molecule has 1 saturated heterocycles. The monoisotopic (exact) mass is 423 g/mol. The standard InChI is InChI=1S/C18H19F2N5OS2/c1-12-15(28-16(22-12)13-2-9-27-11-13)17(26)24-7-5-23(6-8-24)10-14-21-3-4-25(14)18(19)20/h2-4,9,11,18H,5-8,10H2,1H3. The number of amides is 1. The molecule has 10 heteroatoms. The fourth-order valence-corrected chi connectivity index (χ4v) is 4.95. The van der Waals surface area contributed by atoms with E-state index in [0.29, 0.717) is 43.4 Å². The Bertz CT molecular complexity index is 945. The van der Waals surface area contributed by atoms with E-state index >= 15 is 0 Å². The number of thiazole rings is 1. The zero-order valence-electron chi connectivity index (χ0n) is 15.2. The van der Waals surface area contributed by atoms with E-state index in [2.05, 4.69) is 9.97 Å². The summed E-state index contributed by atoms with van der Waals surface area (Å²) in [5.74, 6) is 0.332. The number of imidazole rings is 1. The zero-order chi connectivity index (χ0) is 19.7. The summed E-state index contributed by atoms with van der Waals surface area (Å²) in [6, 6.07) is 2.00. The van der Waals surface area contributed by atoms with E-state index in [0.717, 1.165) is 20.8 Å². The fraction of sp³-hybridized carbons (Fsp3) is 0.389. The predicted molar refractivity (Wildman–Crippen MR) is 105 cm³/mol. The van der Waals surface area contributed by atoms with Crippen LogP contribution in [0.2, 0.25) is 0 Å². The van der Waals surface area contributed by atoms with Crippen molar-refractivity contribution in [2.45, 2.75) is 20.0 Å². The third-order valence-electron chi connectivity index (χ3n) is 4.74. The molecular formula is C18H19F2N5OS2. The smallest absolute Gasteiger partial charge is 0.319 e. The molecular weight excluding hydrogens is 404 g/mol. The molecule has 0 spiro atoms. The van der Waals surface area contributed by atoms with Crippen LogP contribution in [0.5, 0.6) is 0 Å². The number of piperazine rings is 1. The van der Waals surface area contributed by atoms with Crippen LogP contribution in [-0.2, 0) is 6.54 Å². The Hall–Kier alpha value is -2.17. The second-order valence-corrected chi connectivity index (χ2v) is 8.32. The van der Waals surface area contributed by atoms with Crippen LogP contribution >= 0.6 is 22.7 Å². The lowest BCUT2D eigenvalue weighted by atomic mass is 10.2. The summed E-state index contributed by atoms with van der Waals surface area (Å²) < 4.78 is 26.8. The normalized spacial score (nSPS) is 15.5. The van der Waals surface area contributed by atoms with Gasteiger partial charge in [0.25, 0.3) is 5.91 Å². The molecule has 0 aliphatic carbocycles. The summed E-state index contributed by atoms with van der Waals surface area (Å²) >= 11 is 3.03. The van der Waals surface area contributed by atoms with E-state index in [1.54, 1.807) is 11.3 Å². The first-order chi connectivity index (χ1) is 13.5. The summed E-state index contributed by atoms with van der Waals surface area (Å²) in [6.45, 7) is 1.97. The van der Waals surface area contributed by atoms with Gasteiger partial charge in [-0.25, -0.2) is 9.97 Å². The van der Waals surface area contributed by atoms with Gasteiger partial charge in [-0.1, -0.05) is 0 Å². The average Bonchev–Trinajstić information content (AvgIpc) is 3.42. The maximum Gasteiger partial charge on any atom is 0.319 e. The second-order valence-electron chi connectivity index (χ2n) is 6.54. The number of aromatic nitrogens is 3. The lowest BCUT2D eigenvalue weighted by molar-refractivity contribution is 0.0557. The van der Waals surface area contributed by atoms with Crippen LogP contribution in [0.25, 0.3) is 10.6 Å². The van der Waals surface area contributed by atoms with Gasteiger partial charge < -0.3 is 4.90 Å². The molecule has 4 rings (SSSR count). The van der Waals surface area contributed by atoms with E-state index in [4.69, 9.17) is 0 Å². The number of alkyl halides is 2. The molecule has 1 fully saturated rings. The first-order valence-corrected chi connectivity index (χ1v) is 10.6. The molecule has 1 aliphatic rings. The lowest BCUT2D eigenvalue weighted by Gasteiger charge is -2.34. The van der Waals surface area contributed by atoms with Gasteiger partial charge in [-0.2, -0.15) is 20.1 Å². The number of aryl methyl sites for hydroxylation is 1. The Labute approximate surface area is 169 Å². The molecule has 1 aliphatic heterocycles. The van der Waals surface area contributed by atoms with Crippen molar-refractivity contribution < 1.29 is 13.6 Å². The van der Waals surface area contributed by atoms with Crippen molar-refractivity contribution in [2.75, 3.05) is 26.2 Å². The van der Waals surface area contributed by atoms with Crippen LogP contribution in [0.15, 0.2) is 29.2 Å². The lowest BCUT2D eigenvalue weighted by Crippen LogP contribution is -2.48. The Kier molecular flexibility index (Phi) is 5.51. The summed E-state index contributed by atoms with van der Waals surface area (Å²) in [5.41, 5.74) is 1.79. The van der Waals surface area contributed by atoms with Crippen LogP contribution in [0.1, 0.15) is 27.7 Å². The first kappa shape index (κ1) is 19.2. The Morgan fingerprint density at radius 3 is 2.75 bits per heavy atom. The highest BCUT2D eigenvalue weighted by atomic mass is 32.1. The molecule has 0 unspecified atom stereocenters. The summed E-state index contributed by atoms with van der Waals surface area (Å²) in [4.78, 5) is 26.0. The van der Waals surface area contributed by atoms with Gasteiger partial charge in [-0.15, -0.1) is 11.3 Å². The molecule has 6 nitrogen and oxygen atoms in total. The van der Waals surface area contributed by atoms with Gasteiger partial charge in [0.15, 0.2) is 0 Å². The SMILES string of the molecule is Cc1nc(-c2ccsc2)sc1C(=O)N1CCN(Cc2nccn2C(F)F)CC1. The largest absolute Gasteiger partial charge is 0.335 e. The fourth-order valence-electron chi connectivity index (χ4n) is 3.20. The minimum Gasteiger partial charge on any atom is -0.335 e. The molecule has 28 heavy (non-hydrogen) atoms. The molecule has 4 heterocycles. The maximum absolute atomic E-state index is 13.0. The van der Waals surface area contributed by atoms with Crippen LogP contribution in [0.3, 0.4) is 0 Å². The molecule has 0 saturated carbocycles. The molecule has 0 N–H and O–H groups in total. The average molecular weight is 424 g/mol. The van der Waals surface area contributed by atoms with Gasteiger partial charge in [0.2, 0.25) is 0 Å². The van der Waals surface area contributed by atoms with Gasteiger partial charge >= 0.3 is 6.55 Å². The molecule has 0 radical (unpaired) electrons. The van der Waals surface area contributed by atoms with Crippen molar-refractivity contribution in [3.63, 3.8) is 0 Å². The second kappa shape index (κ2) is 8.06. The minimum atomic E-state index is -2.59. The van der Waals surface area contributed by atoms with Crippen molar-refractivity contribution in [2.24, 2.45) is 0 Å². The van der Waals surface area contributed by atoms with Crippen LogP contribution < -0.4 is 0 Å². The van der Waals surface area contributed by atoms with E-state index < -0.39 is 6.55 Å². The third kappa shape index (κ3) is 3.85. The predicted octanol–water partition coefficient (Wildman–Crippen LogP) is 3.73. The van der Waals surface area contributed by atoms with Crippen molar-refractivity contribution in [1.29, 1.82) is 0 Å². The first-order valence-electron chi connectivity index (χ1n) is 8.84. The summed E-state index contributed by atoms with van der Waals surface area (Å²) in [5, 5.41) is 4.88. The van der Waals surface area contributed by atoms with Gasteiger partial charge in [-0.05, 0) is 18.4 Å². The molecule has 148 valence electrons. The Morgan fingerprint density at radius 1 is 1.29 bits per heavy atom. The van der Waals surface area contributed by atoms with Gasteiger partial charge in [0, 0.05) is 49.5 Å². The summed E-state index contributed by atoms with van der Waals surface area (Å²) in [7, 11) is 0. The van der Waals surface area contributed by atoms with Crippen molar-refractivity contribution in [3.05, 3.63) is 45.6 Å². The van der Waals surface area contributed by atoms with E-state index in [1.807, 2.05) is 33.6 Å². The van der Waals surface area contributed by atoms with E-state index in [-0.39, 0.29) is 5.91 Å². The van der Waals surface area contributed by atoms with Crippen LogP contribution in [-0.4, -0.2) is 56.4 Å². The van der Waals surface area contributed by atoms with Crippen molar-refractivity contribution in [3.8, 4) is 10.6 Å². The minimum absolute atomic E-state index is 0.00906. The highest BCUT2D eigenvalue weighted by Gasteiger charge is 2.26. The van der Waals surface area contributed by atoms with Gasteiger partial charge in [0.1, 0.15) is 15.7 Å². The van der Waals surface area contributed by atoms with Crippen molar-refractivity contribution in [1.82, 2.24) is 24.3 Å². The maximum atomic E-state index is 13.0. The molecule has 0 bridgehead atoms. The number of rotatable bonds is 5. The number of halogens is 2. The quantitative estimate of drug-likeness (QED) is 0.628. The van der Waals surface area contributed by atoms with E-state index in [9.17, 15) is 13.6 Å². The number of nitrogens with zero attached hydrogens (tertiary/aromatic N) is 5. The Morgan fingerprint density at radius 2 is 2.07 bits per heavy atom. The number of hydrogen-bond donors (Lipinski definition) is 0. The molecule has 3 aromatic rings. The Balaban J connectivity index is 1.39. The van der Waals surface area contributed by atoms with Crippen LogP contribution in [0, 0.1) is 6.92 Å². The third-order valence-corrected chi connectivity index (χ3v) is 6.62. The van der Waals surface area contributed by atoms with Crippen molar-refractivity contribution >= 4 is 28.6 Å². The number of carbonyl (C=O) groups excluding carboxylic acids is 1. The van der Waals surface area contributed by atoms with Gasteiger partial charge in [0.05, 0.1) is 12.2 Å². The molecule has 0 aromatic carbocycles. The highest BCUT2D eigenvalue weighted by Crippen LogP contribution is 2.30. The topological polar surface area (TPSA) is 54.3 Å². The van der Waals surface area contributed by atoms with Crippen LogP contribution in [0.4, 0.5) is 8.78 Å². The molecule has 0 atom stereocenters.